The van der Waals surface area contributed by atoms with Gasteiger partial charge in [0, 0.05) is 4.47 Å². The predicted molar refractivity (Wildman–Crippen MR) is 76.7 cm³/mol. The van der Waals surface area contributed by atoms with Gasteiger partial charge in [-0.1, -0.05) is 26.0 Å². The van der Waals surface area contributed by atoms with Crippen molar-refractivity contribution in [2.45, 2.75) is 33.2 Å². The first-order valence-corrected chi connectivity index (χ1v) is 6.91. The van der Waals surface area contributed by atoms with Crippen LogP contribution in [-0.4, -0.2) is 23.7 Å². The van der Waals surface area contributed by atoms with E-state index >= 15 is 0 Å². The van der Waals surface area contributed by atoms with E-state index in [1.807, 2.05) is 19.1 Å². The summed E-state index contributed by atoms with van der Waals surface area (Å²) in [4.78, 5) is 12.1. The number of hydrogen-bond donors (Lipinski definition) is 2. The highest BCUT2D eigenvalue weighted by Crippen LogP contribution is 2.21. The Morgan fingerprint density at radius 1 is 1.44 bits per heavy atom. The normalized spacial score (nSPS) is 12.6. The first kappa shape index (κ1) is 15.2. The van der Waals surface area contributed by atoms with Crippen LogP contribution in [-0.2, 0) is 0 Å². The molecule has 2 N–H and O–H groups in total. The molecule has 0 fully saturated rings. The largest absolute Gasteiger partial charge is 0.394 e. The van der Waals surface area contributed by atoms with E-state index in [4.69, 9.17) is 0 Å². The zero-order valence-corrected chi connectivity index (χ0v) is 12.6. The van der Waals surface area contributed by atoms with Crippen LogP contribution in [0.15, 0.2) is 22.7 Å². The van der Waals surface area contributed by atoms with Gasteiger partial charge in [0.1, 0.15) is 0 Å². The highest BCUT2D eigenvalue weighted by atomic mass is 79.9. The number of aliphatic hydroxyl groups is 1. The van der Waals surface area contributed by atoms with Crippen LogP contribution in [0.2, 0.25) is 0 Å². The van der Waals surface area contributed by atoms with Crippen LogP contribution in [0.5, 0.6) is 0 Å². The number of halogens is 1. The van der Waals surface area contributed by atoms with E-state index in [-0.39, 0.29) is 18.6 Å². The molecule has 4 heteroatoms. The molecule has 0 aromatic heterocycles. The predicted octanol–water partition coefficient (Wildman–Crippen LogP) is 2.89. The molecule has 1 atom stereocenters. The fourth-order valence-corrected chi connectivity index (χ4v) is 2.28. The van der Waals surface area contributed by atoms with Crippen LogP contribution in [0.4, 0.5) is 0 Å². The lowest BCUT2D eigenvalue weighted by atomic mass is 10.0. The summed E-state index contributed by atoms with van der Waals surface area (Å²) in [6.07, 6.45) is 0.770. The Bertz CT molecular complexity index is 418. The molecule has 18 heavy (non-hydrogen) atoms. The number of hydrogen-bond acceptors (Lipinski definition) is 2. The third kappa shape index (κ3) is 4.10. The van der Waals surface area contributed by atoms with Crippen molar-refractivity contribution in [3.05, 3.63) is 33.8 Å². The zero-order chi connectivity index (χ0) is 13.7. The Morgan fingerprint density at radius 3 is 2.67 bits per heavy atom. The summed E-state index contributed by atoms with van der Waals surface area (Å²) < 4.78 is 0.809. The van der Waals surface area contributed by atoms with Gasteiger partial charge in [0.25, 0.3) is 5.91 Å². The average Bonchev–Trinajstić information content (AvgIpc) is 2.31. The second kappa shape index (κ2) is 6.90. The van der Waals surface area contributed by atoms with Gasteiger partial charge in [-0.25, -0.2) is 0 Å². The lowest BCUT2D eigenvalue weighted by Crippen LogP contribution is -2.38. The molecule has 0 radical (unpaired) electrons. The summed E-state index contributed by atoms with van der Waals surface area (Å²) in [6, 6.07) is 5.38. The van der Waals surface area contributed by atoms with Crippen LogP contribution < -0.4 is 5.32 Å². The molecule has 0 aliphatic carbocycles. The van der Waals surface area contributed by atoms with Gasteiger partial charge >= 0.3 is 0 Å². The van der Waals surface area contributed by atoms with E-state index in [1.165, 1.54) is 0 Å². The maximum atomic E-state index is 12.1. The highest BCUT2D eigenvalue weighted by Gasteiger charge is 2.16. The molecule has 0 saturated heterocycles. The SMILES string of the molecule is Cc1cccc(C(=O)NC(CO)CC(C)C)c1Br. The lowest BCUT2D eigenvalue weighted by Gasteiger charge is -2.19. The van der Waals surface area contributed by atoms with Gasteiger partial charge in [-0.15, -0.1) is 0 Å². The monoisotopic (exact) mass is 313 g/mol. The summed E-state index contributed by atoms with van der Waals surface area (Å²) in [5.74, 6) is 0.286. The molecule has 100 valence electrons. The van der Waals surface area contributed by atoms with E-state index < -0.39 is 0 Å². The van der Waals surface area contributed by atoms with Gasteiger partial charge in [-0.2, -0.15) is 0 Å². The minimum Gasteiger partial charge on any atom is -0.394 e. The lowest BCUT2D eigenvalue weighted by molar-refractivity contribution is 0.0907. The molecule has 1 aromatic carbocycles. The molecule has 0 bridgehead atoms. The Morgan fingerprint density at radius 2 is 2.11 bits per heavy atom. The van der Waals surface area contributed by atoms with Crippen molar-refractivity contribution in [3.63, 3.8) is 0 Å². The molecular weight excluding hydrogens is 294 g/mol. The number of nitrogens with one attached hydrogen (secondary N) is 1. The summed E-state index contributed by atoms with van der Waals surface area (Å²) in [5.41, 5.74) is 1.63. The van der Waals surface area contributed by atoms with E-state index in [0.717, 1.165) is 16.5 Å². The maximum Gasteiger partial charge on any atom is 0.252 e. The molecular formula is C14H20BrNO2. The first-order chi connectivity index (χ1) is 8.45. The first-order valence-electron chi connectivity index (χ1n) is 6.12. The number of amides is 1. The highest BCUT2D eigenvalue weighted by molar-refractivity contribution is 9.10. The molecule has 0 saturated carbocycles. The van der Waals surface area contributed by atoms with Crippen molar-refractivity contribution in [1.29, 1.82) is 0 Å². The fourth-order valence-electron chi connectivity index (χ4n) is 1.83. The summed E-state index contributed by atoms with van der Waals surface area (Å²) in [7, 11) is 0. The quantitative estimate of drug-likeness (QED) is 0.878. The molecule has 0 aliphatic heterocycles. The van der Waals surface area contributed by atoms with Gasteiger partial charge < -0.3 is 10.4 Å². The number of benzene rings is 1. The van der Waals surface area contributed by atoms with Crippen molar-refractivity contribution < 1.29 is 9.90 Å². The van der Waals surface area contributed by atoms with Crippen LogP contribution >= 0.6 is 15.9 Å². The van der Waals surface area contributed by atoms with E-state index in [0.29, 0.717) is 11.5 Å². The minimum atomic E-state index is -0.190. The van der Waals surface area contributed by atoms with Gasteiger partial charge in [-0.3, -0.25) is 4.79 Å². The average molecular weight is 314 g/mol. The molecule has 1 rings (SSSR count). The van der Waals surface area contributed by atoms with E-state index in [2.05, 4.69) is 35.1 Å². The fraction of sp³-hybridized carbons (Fsp3) is 0.500. The van der Waals surface area contributed by atoms with Crippen molar-refractivity contribution >= 4 is 21.8 Å². The standard InChI is InChI=1S/C14H20BrNO2/c1-9(2)7-11(8-17)16-14(18)12-6-4-5-10(3)13(12)15/h4-6,9,11,17H,7-8H2,1-3H3,(H,16,18). The van der Waals surface area contributed by atoms with Crippen LogP contribution in [0.1, 0.15) is 36.2 Å². The smallest absolute Gasteiger partial charge is 0.252 e. The maximum absolute atomic E-state index is 12.1. The third-order valence-electron chi connectivity index (χ3n) is 2.75. The van der Waals surface area contributed by atoms with Gasteiger partial charge in [0.2, 0.25) is 0 Å². The molecule has 1 aromatic rings. The Kier molecular flexibility index (Phi) is 5.82. The zero-order valence-electron chi connectivity index (χ0n) is 11.0. The van der Waals surface area contributed by atoms with Crippen LogP contribution in [0, 0.1) is 12.8 Å². The molecule has 0 heterocycles. The number of aliphatic hydroxyl groups excluding tert-OH is 1. The van der Waals surface area contributed by atoms with Gasteiger partial charge in [0.15, 0.2) is 0 Å². The topological polar surface area (TPSA) is 49.3 Å². The number of aryl methyl sites for hydroxylation is 1. The Balaban J connectivity index is 2.78. The molecule has 0 aliphatic rings. The summed E-state index contributed by atoms with van der Waals surface area (Å²) in [5, 5.41) is 12.1. The van der Waals surface area contributed by atoms with Crippen molar-refractivity contribution in [2.24, 2.45) is 5.92 Å². The van der Waals surface area contributed by atoms with Crippen LogP contribution in [0.25, 0.3) is 0 Å². The summed E-state index contributed by atoms with van der Waals surface area (Å²) in [6.45, 7) is 6.04. The molecule has 1 unspecified atom stereocenters. The Labute approximate surface area is 117 Å². The molecule has 1 amide bonds. The number of rotatable bonds is 5. The second-order valence-corrected chi connectivity index (χ2v) is 5.71. The number of carbonyl (C=O) groups excluding carboxylic acids is 1. The van der Waals surface area contributed by atoms with Crippen molar-refractivity contribution in [1.82, 2.24) is 5.32 Å². The van der Waals surface area contributed by atoms with Crippen molar-refractivity contribution in [3.8, 4) is 0 Å². The van der Waals surface area contributed by atoms with Crippen molar-refractivity contribution in [2.75, 3.05) is 6.61 Å². The second-order valence-electron chi connectivity index (χ2n) is 4.92. The summed E-state index contributed by atoms with van der Waals surface area (Å²) >= 11 is 3.42. The van der Waals surface area contributed by atoms with E-state index in [9.17, 15) is 9.90 Å². The van der Waals surface area contributed by atoms with Crippen LogP contribution in [0.3, 0.4) is 0 Å². The number of carbonyl (C=O) groups is 1. The van der Waals surface area contributed by atoms with E-state index in [1.54, 1.807) is 6.07 Å². The van der Waals surface area contributed by atoms with Gasteiger partial charge in [-0.05, 0) is 46.8 Å². The Hall–Kier alpha value is -0.870. The molecule has 3 nitrogen and oxygen atoms in total. The molecule has 0 spiro atoms. The van der Waals surface area contributed by atoms with Gasteiger partial charge in [0.05, 0.1) is 18.2 Å². The minimum absolute atomic E-state index is 0.0344. The third-order valence-corrected chi connectivity index (χ3v) is 3.80.